The number of rotatable bonds is 59. The highest BCUT2D eigenvalue weighted by molar-refractivity contribution is 7.45. The van der Waals surface area contributed by atoms with E-state index < -0.39 is 26.5 Å². The molecule has 0 N–H and O–H groups in total. The summed E-state index contributed by atoms with van der Waals surface area (Å²) in [7, 11) is 1.17. The van der Waals surface area contributed by atoms with Gasteiger partial charge in [0.2, 0.25) is 0 Å². The van der Waals surface area contributed by atoms with Gasteiger partial charge < -0.3 is 27.9 Å². The summed E-state index contributed by atoms with van der Waals surface area (Å²) in [5, 5.41) is 0. The van der Waals surface area contributed by atoms with E-state index in [1.165, 1.54) is 141 Å². The van der Waals surface area contributed by atoms with Crippen LogP contribution in [0.25, 0.3) is 0 Å². The third kappa shape index (κ3) is 63.8. The van der Waals surface area contributed by atoms with Crippen molar-refractivity contribution >= 4 is 19.8 Å². The first-order valence-electron chi connectivity index (χ1n) is 32.6. The summed E-state index contributed by atoms with van der Waals surface area (Å²) in [5.74, 6) is -0.829. The lowest BCUT2D eigenvalue weighted by molar-refractivity contribution is -0.870. The minimum absolute atomic E-state index is 0.0328. The molecule has 0 rings (SSSR count). The Morgan fingerprint density at radius 1 is 0.400 bits per heavy atom. The van der Waals surface area contributed by atoms with Gasteiger partial charge in [-0.3, -0.25) is 14.2 Å². The van der Waals surface area contributed by atoms with Crippen molar-refractivity contribution in [1.29, 1.82) is 0 Å². The lowest BCUT2D eigenvalue weighted by atomic mass is 10.0. The monoisotopic (exact) mass is 1140 g/mol. The van der Waals surface area contributed by atoms with Crippen LogP contribution in [0, 0.1) is 0 Å². The maximum Gasteiger partial charge on any atom is 0.306 e. The Balaban J connectivity index is 4.02. The Bertz CT molecular complexity index is 1720. The second-order valence-corrected chi connectivity index (χ2v) is 24.2. The molecule has 0 radical (unpaired) electrons. The maximum atomic E-state index is 12.8. The molecule has 0 aromatic carbocycles. The molecule has 2 atom stereocenters. The fraction of sp³-hybridized carbons (Fsp3) is 0.714. The van der Waals surface area contributed by atoms with Gasteiger partial charge in [-0.1, -0.05) is 284 Å². The van der Waals surface area contributed by atoms with Crippen LogP contribution in [0.3, 0.4) is 0 Å². The van der Waals surface area contributed by atoms with E-state index in [4.69, 9.17) is 18.5 Å². The number of hydrogen-bond acceptors (Lipinski definition) is 8. The summed E-state index contributed by atoms with van der Waals surface area (Å²) >= 11 is 0. The normalized spacial score (nSPS) is 13.9. The maximum absolute atomic E-state index is 12.8. The number of likely N-dealkylation sites (N-methyl/N-ethyl adjacent to an activating group) is 1. The first-order chi connectivity index (χ1) is 39.0. The van der Waals surface area contributed by atoms with E-state index in [0.29, 0.717) is 17.4 Å². The van der Waals surface area contributed by atoms with Gasteiger partial charge in [-0.05, 0) is 83.5 Å². The molecule has 0 amide bonds. The molecule has 10 heteroatoms. The number of quaternary nitrogens is 1. The van der Waals surface area contributed by atoms with Crippen LogP contribution in [0.15, 0.2) is 109 Å². The van der Waals surface area contributed by atoms with Crippen LogP contribution in [-0.2, 0) is 32.7 Å². The lowest BCUT2D eigenvalue weighted by Crippen LogP contribution is -2.37. The van der Waals surface area contributed by atoms with Crippen molar-refractivity contribution in [2.24, 2.45) is 0 Å². The Morgan fingerprint density at radius 3 is 1.06 bits per heavy atom. The van der Waals surface area contributed by atoms with Gasteiger partial charge in [0, 0.05) is 12.8 Å². The number of ether oxygens (including phenoxy) is 2. The Kier molecular flexibility index (Phi) is 57.8. The van der Waals surface area contributed by atoms with Crippen molar-refractivity contribution in [3.05, 3.63) is 109 Å². The molecule has 460 valence electrons. The number of hydrogen-bond donors (Lipinski definition) is 0. The van der Waals surface area contributed by atoms with Crippen molar-refractivity contribution in [1.82, 2.24) is 0 Å². The molecule has 0 saturated heterocycles. The lowest BCUT2D eigenvalue weighted by Gasteiger charge is -2.28. The van der Waals surface area contributed by atoms with Gasteiger partial charge in [0.25, 0.3) is 7.82 Å². The van der Waals surface area contributed by atoms with Gasteiger partial charge in [0.1, 0.15) is 19.8 Å². The molecule has 0 fully saturated rings. The molecule has 0 saturated carbocycles. The molecule has 0 heterocycles. The predicted molar refractivity (Wildman–Crippen MR) is 342 cm³/mol. The minimum Gasteiger partial charge on any atom is -0.756 e. The van der Waals surface area contributed by atoms with Gasteiger partial charge in [-0.25, -0.2) is 0 Å². The van der Waals surface area contributed by atoms with Crippen molar-refractivity contribution in [3.8, 4) is 0 Å². The van der Waals surface area contributed by atoms with Gasteiger partial charge in [-0.2, -0.15) is 0 Å². The average molecular weight is 1140 g/mol. The fourth-order valence-electron chi connectivity index (χ4n) is 8.83. The van der Waals surface area contributed by atoms with Crippen LogP contribution in [0.5, 0.6) is 0 Å². The number of phosphoric acid groups is 1. The zero-order chi connectivity index (χ0) is 58.4. The summed E-state index contributed by atoms with van der Waals surface area (Å²) in [4.78, 5) is 37.9. The van der Waals surface area contributed by atoms with E-state index in [9.17, 15) is 19.0 Å². The number of carbonyl (C=O) groups excluding carboxylic acids is 2. The number of unbranched alkanes of at least 4 members (excludes halogenated alkanes) is 27. The third-order valence-corrected chi connectivity index (χ3v) is 14.8. The van der Waals surface area contributed by atoms with Crippen molar-refractivity contribution < 1.29 is 42.1 Å². The highest BCUT2D eigenvalue weighted by Crippen LogP contribution is 2.38. The second kappa shape index (κ2) is 60.3. The van der Waals surface area contributed by atoms with Gasteiger partial charge >= 0.3 is 11.9 Å². The van der Waals surface area contributed by atoms with Crippen molar-refractivity contribution in [2.45, 2.75) is 277 Å². The summed E-state index contributed by atoms with van der Waals surface area (Å²) in [6.45, 7) is 4.14. The molecule has 0 bridgehead atoms. The van der Waals surface area contributed by atoms with Gasteiger partial charge in [-0.15, -0.1) is 0 Å². The minimum atomic E-state index is -4.64. The molecule has 9 nitrogen and oxygen atoms in total. The van der Waals surface area contributed by atoms with Crippen LogP contribution < -0.4 is 4.89 Å². The standard InChI is InChI=1S/C70H122NO8P/c1-6-8-10-12-14-16-18-20-22-23-24-25-26-27-28-29-30-31-32-33-34-35-36-37-38-39-40-41-42-43-44-45-46-47-49-51-53-55-57-59-61-63-70(73)79-68(67-78-80(74,75)77-65-64-71(3,4)5)66-76-69(72)62-60-58-56-54-52-50-48-21-19-17-15-13-11-9-7-2/h8,10,14,16,20,22,24-25,27-28,30-31,33-34,36-37,39-40,68H,6-7,9,11-13,15,17-19,21,23,26,29,32,35,38,41-67H2,1-5H3/b10-8-,16-14-,22-20-,25-24-,28-27-,31-30-,34-33-,37-36-,40-39-. The summed E-state index contributed by atoms with van der Waals surface area (Å²) in [5.41, 5.74) is 0. The van der Waals surface area contributed by atoms with E-state index in [-0.39, 0.29) is 32.0 Å². The first-order valence-corrected chi connectivity index (χ1v) is 34.1. The fourth-order valence-corrected chi connectivity index (χ4v) is 9.56. The molecule has 0 aromatic heterocycles. The number of esters is 2. The largest absolute Gasteiger partial charge is 0.756 e. The summed E-state index contributed by atoms with van der Waals surface area (Å²) < 4.78 is 34.2. The topological polar surface area (TPSA) is 111 Å². The smallest absolute Gasteiger partial charge is 0.306 e. The molecule has 0 aliphatic carbocycles. The molecule has 0 aromatic rings. The number of nitrogens with zero attached hydrogens (tertiary/aromatic N) is 1. The van der Waals surface area contributed by atoms with Crippen LogP contribution in [0.4, 0.5) is 0 Å². The van der Waals surface area contributed by atoms with Crippen LogP contribution in [0.2, 0.25) is 0 Å². The molecule has 0 spiro atoms. The van der Waals surface area contributed by atoms with E-state index in [1.807, 2.05) is 21.1 Å². The van der Waals surface area contributed by atoms with Crippen LogP contribution in [0.1, 0.15) is 271 Å². The highest BCUT2D eigenvalue weighted by atomic mass is 31.2. The highest BCUT2D eigenvalue weighted by Gasteiger charge is 2.22. The molecular formula is C70H122NO8P. The second-order valence-electron chi connectivity index (χ2n) is 22.8. The first kappa shape index (κ1) is 76.7. The molecule has 0 aliphatic heterocycles. The van der Waals surface area contributed by atoms with Crippen LogP contribution in [-0.4, -0.2) is 70.0 Å². The van der Waals surface area contributed by atoms with Crippen molar-refractivity contribution in [3.63, 3.8) is 0 Å². The van der Waals surface area contributed by atoms with Gasteiger partial charge in [0.05, 0.1) is 27.7 Å². The zero-order valence-corrected chi connectivity index (χ0v) is 53.1. The summed E-state index contributed by atoms with van der Waals surface area (Å²) in [6.07, 6.45) is 84.4. The van der Waals surface area contributed by atoms with Crippen molar-refractivity contribution in [2.75, 3.05) is 47.5 Å². The molecule has 80 heavy (non-hydrogen) atoms. The van der Waals surface area contributed by atoms with Gasteiger partial charge in [0.15, 0.2) is 6.10 Å². The quantitative estimate of drug-likeness (QED) is 0.0195. The zero-order valence-electron chi connectivity index (χ0n) is 52.2. The van der Waals surface area contributed by atoms with E-state index in [1.54, 1.807) is 0 Å². The van der Waals surface area contributed by atoms with E-state index >= 15 is 0 Å². The molecule has 0 aliphatic rings. The number of allylic oxidation sites excluding steroid dienone is 18. The SMILES string of the molecule is CC/C=C\C/C=C\C/C=C\C/C=C\C/C=C\C/C=C\C/C=C\C/C=C\C/C=C\CCCCCCCCCCCCCCCC(=O)OC(COC(=O)CCCCCCCCCCCCCCCCC)COP(=O)([O-])OCC[N+](C)(C)C. The molecular weight excluding hydrogens is 1010 g/mol. The third-order valence-electron chi connectivity index (χ3n) is 13.8. The Morgan fingerprint density at radius 2 is 0.713 bits per heavy atom. The number of phosphoric ester groups is 1. The summed E-state index contributed by atoms with van der Waals surface area (Å²) in [6, 6.07) is 0. The van der Waals surface area contributed by atoms with Crippen LogP contribution >= 0.6 is 7.82 Å². The van der Waals surface area contributed by atoms with E-state index in [0.717, 1.165) is 96.3 Å². The Hall–Kier alpha value is -3.33. The predicted octanol–water partition coefficient (Wildman–Crippen LogP) is 20.3. The number of carbonyl (C=O) groups is 2. The van der Waals surface area contributed by atoms with E-state index in [2.05, 4.69) is 123 Å². The Labute approximate surface area is 493 Å². The molecule has 2 unspecified atom stereocenters. The average Bonchev–Trinajstić information content (AvgIpc) is 3.42.